The second-order valence-corrected chi connectivity index (χ2v) is 7.48. The van der Waals surface area contributed by atoms with Crippen LogP contribution in [0, 0.1) is 6.92 Å². The molecule has 2 saturated heterocycles. The molecule has 29 heavy (non-hydrogen) atoms. The summed E-state index contributed by atoms with van der Waals surface area (Å²) < 4.78 is 5.58. The number of halogens is 2. The van der Waals surface area contributed by atoms with E-state index in [0.717, 1.165) is 44.6 Å². The van der Waals surface area contributed by atoms with Gasteiger partial charge in [0.2, 0.25) is 0 Å². The highest BCUT2D eigenvalue weighted by atomic mass is 35.5. The molecule has 0 spiro atoms. The van der Waals surface area contributed by atoms with Crippen LogP contribution >= 0.6 is 24.8 Å². The van der Waals surface area contributed by atoms with Gasteiger partial charge < -0.3 is 14.6 Å². The monoisotopic (exact) mass is 443 g/mol. The van der Waals surface area contributed by atoms with E-state index in [1.807, 2.05) is 13.0 Å². The second kappa shape index (κ2) is 10.2. The number of carbonyl (C=O) groups excluding carboxylic acids is 1. The number of hydrogen-bond acceptors (Lipinski definition) is 6. The Bertz CT molecular complexity index is 865. The van der Waals surface area contributed by atoms with Crippen LogP contribution in [-0.4, -0.2) is 52.2 Å². The SMILES string of the molecule is Cc1cc(C2CCNCC2)oc(=O)c1C(=O)N1CCCC(c2ncn[nH]2)C1.Cl.Cl. The van der Waals surface area contributed by atoms with Crippen molar-refractivity contribution in [1.29, 1.82) is 0 Å². The smallest absolute Gasteiger partial charge is 0.349 e. The van der Waals surface area contributed by atoms with Crippen molar-refractivity contribution in [2.75, 3.05) is 26.2 Å². The van der Waals surface area contributed by atoms with Crippen LogP contribution in [0.25, 0.3) is 0 Å². The Morgan fingerprint density at radius 3 is 2.62 bits per heavy atom. The lowest BCUT2D eigenvalue weighted by molar-refractivity contribution is 0.0698. The molecule has 10 heteroatoms. The molecule has 4 rings (SSSR count). The lowest BCUT2D eigenvalue weighted by Crippen LogP contribution is -2.41. The van der Waals surface area contributed by atoms with Crippen LogP contribution in [0.3, 0.4) is 0 Å². The van der Waals surface area contributed by atoms with Gasteiger partial charge in [0.15, 0.2) is 0 Å². The number of likely N-dealkylation sites (tertiary alicyclic amines) is 1. The zero-order valence-electron chi connectivity index (χ0n) is 16.3. The third-order valence-corrected chi connectivity index (χ3v) is 5.65. The maximum Gasteiger partial charge on any atom is 0.349 e. The fraction of sp³-hybridized carbons (Fsp3) is 0.579. The standard InChI is InChI=1S/C19H25N5O3.2ClH/c1-12-9-15(13-4-6-20-7-5-13)27-19(26)16(12)18(25)24-8-2-3-14(10-24)17-21-11-22-23-17;;/h9,11,13-14,20H,2-8,10H2,1H3,(H,21,22,23);2*1H. The third kappa shape index (κ3) is 4.99. The van der Waals surface area contributed by atoms with Crippen molar-refractivity contribution in [2.45, 2.75) is 44.4 Å². The van der Waals surface area contributed by atoms with Crippen LogP contribution in [0.15, 0.2) is 21.6 Å². The molecule has 8 nitrogen and oxygen atoms in total. The molecule has 0 bridgehead atoms. The molecule has 2 aliphatic heterocycles. The Labute approximate surface area is 181 Å². The fourth-order valence-electron chi connectivity index (χ4n) is 4.15. The van der Waals surface area contributed by atoms with Crippen molar-refractivity contribution < 1.29 is 9.21 Å². The third-order valence-electron chi connectivity index (χ3n) is 5.65. The lowest BCUT2D eigenvalue weighted by Gasteiger charge is -2.31. The van der Waals surface area contributed by atoms with E-state index in [-0.39, 0.29) is 48.1 Å². The zero-order chi connectivity index (χ0) is 18.8. The van der Waals surface area contributed by atoms with E-state index < -0.39 is 5.63 Å². The van der Waals surface area contributed by atoms with Gasteiger partial charge in [-0.1, -0.05) is 0 Å². The number of carbonyl (C=O) groups is 1. The molecular weight excluding hydrogens is 417 g/mol. The molecule has 1 atom stereocenters. The summed E-state index contributed by atoms with van der Waals surface area (Å²) in [4.78, 5) is 31.6. The summed E-state index contributed by atoms with van der Waals surface area (Å²) in [6.07, 6.45) is 5.19. The van der Waals surface area contributed by atoms with E-state index in [4.69, 9.17) is 4.42 Å². The number of aryl methyl sites for hydroxylation is 1. The van der Waals surface area contributed by atoms with E-state index in [1.165, 1.54) is 6.33 Å². The molecule has 2 aromatic heterocycles. The number of H-pyrrole nitrogens is 1. The van der Waals surface area contributed by atoms with Gasteiger partial charge >= 0.3 is 5.63 Å². The fourth-order valence-corrected chi connectivity index (χ4v) is 4.15. The highest BCUT2D eigenvalue weighted by Gasteiger charge is 2.30. The molecule has 1 unspecified atom stereocenters. The number of aromatic amines is 1. The van der Waals surface area contributed by atoms with Crippen molar-refractivity contribution in [3.63, 3.8) is 0 Å². The molecular formula is C19H27Cl2N5O3. The lowest BCUT2D eigenvalue weighted by atomic mass is 9.93. The first-order valence-electron chi connectivity index (χ1n) is 9.63. The summed E-state index contributed by atoms with van der Waals surface area (Å²) in [6, 6.07) is 1.88. The Morgan fingerprint density at radius 1 is 1.21 bits per heavy atom. The maximum absolute atomic E-state index is 13.1. The summed E-state index contributed by atoms with van der Waals surface area (Å²) in [5.41, 5.74) is 0.341. The predicted molar refractivity (Wildman–Crippen MR) is 113 cm³/mol. The molecule has 160 valence electrons. The van der Waals surface area contributed by atoms with Crippen LogP contribution in [0.4, 0.5) is 0 Å². The van der Waals surface area contributed by atoms with E-state index in [1.54, 1.807) is 4.90 Å². The Morgan fingerprint density at radius 2 is 1.97 bits per heavy atom. The normalized spacial score (nSPS) is 19.9. The summed E-state index contributed by atoms with van der Waals surface area (Å²) in [5, 5.41) is 10.1. The van der Waals surface area contributed by atoms with Crippen molar-refractivity contribution >= 4 is 30.7 Å². The van der Waals surface area contributed by atoms with E-state index in [9.17, 15) is 9.59 Å². The summed E-state index contributed by atoms with van der Waals surface area (Å²) in [7, 11) is 0. The molecule has 0 radical (unpaired) electrons. The number of amides is 1. The minimum Gasteiger partial charge on any atom is -0.427 e. The molecule has 0 aromatic carbocycles. The Hall–Kier alpha value is -1.90. The molecule has 2 fully saturated rings. The second-order valence-electron chi connectivity index (χ2n) is 7.48. The average molecular weight is 444 g/mol. The molecule has 2 N–H and O–H groups in total. The Kier molecular flexibility index (Phi) is 8.24. The molecule has 4 heterocycles. The van der Waals surface area contributed by atoms with Crippen LogP contribution in [0.5, 0.6) is 0 Å². The number of nitrogens with zero attached hydrogens (tertiary/aromatic N) is 3. The van der Waals surface area contributed by atoms with Gasteiger partial charge in [-0.15, -0.1) is 24.8 Å². The number of piperidine rings is 2. The van der Waals surface area contributed by atoms with Crippen molar-refractivity contribution in [3.05, 3.63) is 45.5 Å². The van der Waals surface area contributed by atoms with Crippen LogP contribution in [0.1, 0.15) is 65.0 Å². The highest BCUT2D eigenvalue weighted by molar-refractivity contribution is 5.95. The first-order chi connectivity index (χ1) is 13.1. The average Bonchev–Trinajstić information content (AvgIpc) is 3.23. The summed E-state index contributed by atoms with van der Waals surface area (Å²) >= 11 is 0. The van der Waals surface area contributed by atoms with Crippen LogP contribution < -0.4 is 10.9 Å². The minimum absolute atomic E-state index is 0. The number of nitrogens with one attached hydrogen (secondary N) is 2. The van der Waals surface area contributed by atoms with Gasteiger partial charge in [0.05, 0.1) is 0 Å². The van der Waals surface area contributed by atoms with Crippen molar-refractivity contribution in [1.82, 2.24) is 25.4 Å². The summed E-state index contributed by atoms with van der Waals surface area (Å²) in [6.45, 7) is 4.84. The zero-order valence-corrected chi connectivity index (χ0v) is 18.0. The number of rotatable bonds is 3. The van der Waals surface area contributed by atoms with Gasteiger partial charge in [0.1, 0.15) is 23.5 Å². The van der Waals surface area contributed by atoms with Crippen LogP contribution in [-0.2, 0) is 0 Å². The number of hydrogen-bond donors (Lipinski definition) is 2. The van der Waals surface area contributed by atoms with E-state index in [2.05, 4.69) is 20.5 Å². The van der Waals surface area contributed by atoms with Gasteiger partial charge in [-0.3, -0.25) is 9.89 Å². The van der Waals surface area contributed by atoms with E-state index in [0.29, 0.717) is 24.4 Å². The first-order valence-corrected chi connectivity index (χ1v) is 9.63. The van der Waals surface area contributed by atoms with Gasteiger partial charge in [-0.05, 0) is 57.3 Å². The van der Waals surface area contributed by atoms with Crippen LogP contribution in [0.2, 0.25) is 0 Å². The maximum atomic E-state index is 13.1. The molecule has 0 aliphatic carbocycles. The first kappa shape index (κ1) is 23.4. The van der Waals surface area contributed by atoms with Crippen molar-refractivity contribution in [2.24, 2.45) is 0 Å². The van der Waals surface area contributed by atoms with Gasteiger partial charge in [-0.2, -0.15) is 5.10 Å². The highest BCUT2D eigenvalue weighted by Crippen LogP contribution is 2.27. The molecule has 1 amide bonds. The summed E-state index contributed by atoms with van der Waals surface area (Å²) in [5.74, 6) is 1.60. The van der Waals surface area contributed by atoms with E-state index >= 15 is 0 Å². The number of aromatic nitrogens is 3. The molecule has 2 aliphatic rings. The van der Waals surface area contributed by atoms with Crippen molar-refractivity contribution in [3.8, 4) is 0 Å². The topological polar surface area (TPSA) is 104 Å². The minimum atomic E-state index is -0.518. The predicted octanol–water partition coefficient (Wildman–Crippen LogP) is 2.40. The van der Waals surface area contributed by atoms with Gasteiger partial charge in [0.25, 0.3) is 5.91 Å². The Balaban J connectivity index is 0.00000150. The molecule has 2 aromatic rings. The molecule has 0 saturated carbocycles. The van der Waals surface area contributed by atoms with Gasteiger partial charge in [0, 0.05) is 24.9 Å². The van der Waals surface area contributed by atoms with Gasteiger partial charge in [-0.25, -0.2) is 9.78 Å². The quantitative estimate of drug-likeness (QED) is 0.754. The largest absolute Gasteiger partial charge is 0.427 e.